The molecule has 0 spiro atoms. The van der Waals surface area contributed by atoms with Crippen molar-refractivity contribution in [1.82, 2.24) is 0 Å². The molecular weight excluding hydrogens is 1280 g/mol. The van der Waals surface area contributed by atoms with Crippen LogP contribution in [0.1, 0.15) is 349 Å². The lowest BCUT2D eigenvalue weighted by atomic mass is 10.0. The number of hydrogen-bond donors (Lipinski definition) is 3. The number of aliphatic hydroxyl groups is 1. The fourth-order valence-electron chi connectivity index (χ4n) is 10.7. The first-order valence-corrected chi connectivity index (χ1v) is 42.2. The van der Waals surface area contributed by atoms with E-state index in [2.05, 4.69) is 101 Å². The molecule has 0 aromatic heterocycles. The summed E-state index contributed by atoms with van der Waals surface area (Å²) in [7, 11) is -9.94. The molecule has 19 heteroatoms. The highest BCUT2D eigenvalue weighted by Gasteiger charge is 2.30. The molecule has 0 heterocycles. The summed E-state index contributed by atoms with van der Waals surface area (Å²) in [5.74, 6) is -2.18. The van der Waals surface area contributed by atoms with Crippen molar-refractivity contribution < 1.29 is 80.2 Å². The van der Waals surface area contributed by atoms with E-state index in [4.69, 9.17) is 37.0 Å². The molecule has 0 radical (unpaired) electrons. The molecule has 0 rings (SSSR count). The third-order valence-electron chi connectivity index (χ3n) is 16.7. The van der Waals surface area contributed by atoms with Gasteiger partial charge in [0.15, 0.2) is 12.2 Å². The van der Waals surface area contributed by atoms with Gasteiger partial charge in [-0.3, -0.25) is 37.3 Å². The quantitative estimate of drug-likeness (QED) is 0.0169. The summed E-state index contributed by atoms with van der Waals surface area (Å²) >= 11 is 0. The molecule has 17 nitrogen and oxygen atoms in total. The van der Waals surface area contributed by atoms with Crippen molar-refractivity contribution in [2.24, 2.45) is 0 Å². The van der Waals surface area contributed by atoms with Gasteiger partial charge in [0.2, 0.25) is 0 Å². The van der Waals surface area contributed by atoms with Crippen LogP contribution in [0, 0.1) is 0 Å². The van der Waals surface area contributed by atoms with Gasteiger partial charge in [0.25, 0.3) is 0 Å². The molecule has 98 heavy (non-hydrogen) atoms. The summed E-state index contributed by atoms with van der Waals surface area (Å²) in [6.45, 7) is 4.74. The summed E-state index contributed by atoms with van der Waals surface area (Å²) in [5, 5.41) is 10.6. The van der Waals surface area contributed by atoms with E-state index >= 15 is 0 Å². The van der Waals surface area contributed by atoms with Gasteiger partial charge in [0, 0.05) is 25.7 Å². The van der Waals surface area contributed by atoms with Gasteiger partial charge in [-0.05, 0) is 116 Å². The summed E-state index contributed by atoms with van der Waals surface area (Å²) in [4.78, 5) is 72.9. The standard InChI is InChI=1S/C79H142O17P2/c1-5-9-13-17-21-25-29-33-35-36-38-42-44-48-52-56-60-64-77(82)90-70-75(96-79(84)66-62-58-54-50-46-40-32-28-24-20-16-12-8-4)72-94-98(87,88)92-68-73(80)67-91-97(85,86)93-71-74(95-78(83)65-61-57-53-49-45-39-31-27-23-19-15-11-7-3)69-89-76(81)63-59-55-51-47-43-41-37-34-30-26-22-18-14-10-6-2/h9,13,21-22,25-27,31,33-35,37,73-75,80H,5-8,10-12,14-20,23-24,28-30,32,36,38-72H2,1-4H3,(H,85,86)(H,87,88)/b13-9-,25-21-,26-22-,31-27-,35-33-,37-34-. The Morgan fingerprint density at radius 2 is 0.531 bits per heavy atom. The van der Waals surface area contributed by atoms with Crippen LogP contribution in [-0.4, -0.2) is 96.7 Å². The zero-order valence-electron chi connectivity index (χ0n) is 62.2. The van der Waals surface area contributed by atoms with Crippen LogP contribution < -0.4 is 0 Å². The Labute approximate surface area is 596 Å². The number of rotatable bonds is 74. The number of phosphoric ester groups is 2. The van der Waals surface area contributed by atoms with Crippen molar-refractivity contribution in [1.29, 1.82) is 0 Å². The molecule has 5 atom stereocenters. The van der Waals surface area contributed by atoms with E-state index in [1.165, 1.54) is 96.3 Å². The predicted octanol–water partition coefficient (Wildman–Crippen LogP) is 22.4. The van der Waals surface area contributed by atoms with Crippen LogP contribution in [0.3, 0.4) is 0 Å². The van der Waals surface area contributed by atoms with Crippen LogP contribution in [0.4, 0.5) is 0 Å². The van der Waals surface area contributed by atoms with E-state index in [0.717, 1.165) is 173 Å². The van der Waals surface area contributed by atoms with Gasteiger partial charge in [-0.2, -0.15) is 0 Å². The Hall–Kier alpha value is -3.50. The average molecular weight is 1430 g/mol. The lowest BCUT2D eigenvalue weighted by molar-refractivity contribution is -0.161. The van der Waals surface area contributed by atoms with E-state index in [0.29, 0.717) is 25.7 Å². The van der Waals surface area contributed by atoms with Crippen molar-refractivity contribution in [3.63, 3.8) is 0 Å². The summed E-state index contributed by atoms with van der Waals surface area (Å²) in [6.07, 6.45) is 71.6. The third kappa shape index (κ3) is 70.9. The monoisotopic (exact) mass is 1420 g/mol. The number of carbonyl (C=O) groups is 4. The lowest BCUT2D eigenvalue weighted by Gasteiger charge is -2.21. The molecule has 0 saturated carbocycles. The van der Waals surface area contributed by atoms with Crippen LogP contribution in [0.15, 0.2) is 72.9 Å². The molecule has 0 aliphatic carbocycles. The van der Waals surface area contributed by atoms with E-state index in [9.17, 15) is 43.2 Å². The second kappa shape index (κ2) is 71.9. The molecule has 5 unspecified atom stereocenters. The van der Waals surface area contributed by atoms with Crippen molar-refractivity contribution >= 4 is 39.5 Å². The van der Waals surface area contributed by atoms with Crippen LogP contribution in [0.25, 0.3) is 0 Å². The molecule has 0 saturated heterocycles. The minimum atomic E-state index is -4.97. The van der Waals surface area contributed by atoms with E-state index in [-0.39, 0.29) is 25.7 Å². The maximum absolute atomic E-state index is 13.1. The average Bonchev–Trinajstić information content (AvgIpc) is 0.969. The van der Waals surface area contributed by atoms with Crippen molar-refractivity contribution in [2.45, 2.75) is 367 Å². The maximum atomic E-state index is 13.1. The molecule has 0 aliphatic heterocycles. The molecule has 570 valence electrons. The van der Waals surface area contributed by atoms with Gasteiger partial charge in [-0.15, -0.1) is 0 Å². The lowest BCUT2D eigenvalue weighted by Crippen LogP contribution is -2.30. The Bertz CT molecular complexity index is 2140. The van der Waals surface area contributed by atoms with Crippen molar-refractivity contribution in [2.75, 3.05) is 39.6 Å². The highest BCUT2D eigenvalue weighted by Crippen LogP contribution is 2.45. The van der Waals surface area contributed by atoms with Crippen LogP contribution >= 0.6 is 15.6 Å². The first-order valence-electron chi connectivity index (χ1n) is 39.2. The van der Waals surface area contributed by atoms with E-state index in [1.807, 2.05) is 0 Å². The Morgan fingerprint density at radius 1 is 0.296 bits per heavy atom. The number of hydrogen-bond acceptors (Lipinski definition) is 15. The zero-order valence-corrected chi connectivity index (χ0v) is 64.0. The SMILES string of the molecule is CC/C=C\C/C=C\C/C=C\CCCCCCCCCC(=O)OCC(COP(=O)(O)OCC(O)COP(=O)(O)OCC(COC(=O)CCCCCCC/C=C\C/C=C\CCCCC)OC(=O)CCCCCCC/C=C\CCCCCC)OC(=O)CCCCCCCCCCCCCCC. The molecule has 0 amide bonds. The van der Waals surface area contributed by atoms with Gasteiger partial charge in [0.05, 0.1) is 26.4 Å². The number of esters is 4. The zero-order chi connectivity index (χ0) is 71.8. The fraction of sp³-hybridized carbons (Fsp3) is 0.797. The van der Waals surface area contributed by atoms with Crippen molar-refractivity contribution in [3.8, 4) is 0 Å². The first kappa shape index (κ1) is 94.5. The summed E-state index contributed by atoms with van der Waals surface area (Å²) < 4.78 is 68.5. The molecule has 0 bridgehead atoms. The highest BCUT2D eigenvalue weighted by atomic mass is 31.2. The maximum Gasteiger partial charge on any atom is 0.472 e. The van der Waals surface area contributed by atoms with Crippen LogP contribution in [0.5, 0.6) is 0 Å². The minimum Gasteiger partial charge on any atom is -0.462 e. The molecular formula is C79H142O17P2. The molecule has 0 aliphatic rings. The van der Waals surface area contributed by atoms with Gasteiger partial charge >= 0.3 is 39.5 Å². The van der Waals surface area contributed by atoms with Crippen molar-refractivity contribution in [3.05, 3.63) is 72.9 Å². The number of ether oxygens (including phenoxy) is 4. The Morgan fingerprint density at radius 3 is 0.857 bits per heavy atom. The van der Waals surface area contributed by atoms with Gasteiger partial charge in [-0.25, -0.2) is 9.13 Å². The van der Waals surface area contributed by atoms with Gasteiger partial charge in [0.1, 0.15) is 19.3 Å². The third-order valence-corrected chi connectivity index (χ3v) is 18.6. The smallest absolute Gasteiger partial charge is 0.462 e. The fourth-order valence-corrected chi connectivity index (χ4v) is 12.3. The number of allylic oxidation sites excluding steroid dienone is 12. The normalized spacial score (nSPS) is 14.3. The summed E-state index contributed by atoms with van der Waals surface area (Å²) in [5.41, 5.74) is 0. The topological polar surface area (TPSA) is 237 Å². The van der Waals surface area contributed by atoms with Crippen LogP contribution in [0.2, 0.25) is 0 Å². The minimum absolute atomic E-state index is 0.0848. The number of unbranched alkanes of at least 4 members (excludes halogenated alkanes) is 36. The molecule has 0 fully saturated rings. The van der Waals surface area contributed by atoms with Gasteiger partial charge < -0.3 is 33.8 Å². The number of carbonyl (C=O) groups excluding carboxylic acids is 4. The largest absolute Gasteiger partial charge is 0.472 e. The Balaban J connectivity index is 5.32. The molecule has 0 aromatic rings. The molecule has 0 aromatic carbocycles. The van der Waals surface area contributed by atoms with E-state index < -0.39 is 97.5 Å². The molecule has 3 N–H and O–H groups in total. The van der Waals surface area contributed by atoms with Crippen LogP contribution in [-0.2, 0) is 65.4 Å². The second-order valence-electron chi connectivity index (χ2n) is 26.3. The predicted molar refractivity (Wildman–Crippen MR) is 400 cm³/mol. The van der Waals surface area contributed by atoms with Gasteiger partial charge in [-0.1, -0.05) is 280 Å². The number of phosphoric acid groups is 2. The highest BCUT2D eigenvalue weighted by molar-refractivity contribution is 7.47. The van der Waals surface area contributed by atoms with E-state index in [1.54, 1.807) is 0 Å². The second-order valence-corrected chi connectivity index (χ2v) is 29.2. The number of aliphatic hydroxyl groups excluding tert-OH is 1. The Kier molecular flexibility index (Phi) is 69.3. The first-order chi connectivity index (χ1) is 47.7. The summed E-state index contributed by atoms with van der Waals surface area (Å²) in [6, 6.07) is 0.